The van der Waals surface area contributed by atoms with Crippen molar-refractivity contribution in [3.05, 3.63) is 42.1 Å². The first-order valence-corrected chi connectivity index (χ1v) is 17.8. The maximum Gasteiger partial charge on any atom is 0.244 e. The molecule has 0 aromatic heterocycles. The summed E-state index contributed by atoms with van der Waals surface area (Å²) in [4.78, 5) is 9.49. The summed E-state index contributed by atoms with van der Waals surface area (Å²) in [7, 11) is 0. The van der Waals surface area contributed by atoms with Gasteiger partial charge in [0.05, 0.1) is 5.92 Å². The summed E-state index contributed by atoms with van der Waals surface area (Å²) in [6.07, 6.45) is 39.6. The molecule has 0 aliphatic carbocycles. The lowest BCUT2D eigenvalue weighted by atomic mass is 9.78. The molecule has 2 atom stereocenters. The highest BCUT2D eigenvalue weighted by atomic mass is 15.0. The highest BCUT2D eigenvalue weighted by Crippen LogP contribution is 2.37. The molecule has 0 amide bonds. The number of hydrogen-bond acceptors (Lipinski definition) is 2. The third-order valence-electron chi connectivity index (χ3n) is 9.02. The Hall–Kier alpha value is -1.57. The maximum atomic E-state index is 4.74. The molecule has 40 heavy (non-hydrogen) atoms. The van der Waals surface area contributed by atoms with Crippen LogP contribution in [-0.4, -0.2) is 12.4 Å². The maximum absolute atomic E-state index is 4.74. The van der Waals surface area contributed by atoms with Crippen molar-refractivity contribution in [2.24, 2.45) is 21.8 Å². The van der Waals surface area contributed by atoms with E-state index in [0.29, 0.717) is 11.8 Å². The van der Waals surface area contributed by atoms with Crippen molar-refractivity contribution < 1.29 is 0 Å². The Kier molecular flexibility index (Phi) is 21.8. The van der Waals surface area contributed by atoms with Gasteiger partial charge in [0, 0.05) is 0 Å². The third-order valence-corrected chi connectivity index (χ3v) is 9.02. The van der Waals surface area contributed by atoms with E-state index in [2.05, 4.69) is 44.2 Å². The topological polar surface area (TPSA) is 24.7 Å². The SMILES string of the molecule is CCCCCCCCCCCCCCC([C+]1N=CC=N1)C(CCCCCCCCCCCC)Cc1ccccc1. The van der Waals surface area contributed by atoms with Gasteiger partial charge >= 0.3 is 0 Å². The zero-order chi connectivity index (χ0) is 28.4. The largest absolute Gasteiger partial charge is 0.244 e. The van der Waals surface area contributed by atoms with Gasteiger partial charge in [-0.25, -0.2) is 0 Å². The lowest BCUT2D eigenvalue weighted by Gasteiger charge is -2.26. The highest BCUT2D eigenvalue weighted by Gasteiger charge is 2.35. The molecule has 2 rings (SSSR count). The molecule has 0 N–H and O–H groups in total. The van der Waals surface area contributed by atoms with Gasteiger partial charge in [-0.15, -0.1) is 0 Å². The van der Waals surface area contributed by atoms with E-state index in [1.807, 2.05) is 12.4 Å². The van der Waals surface area contributed by atoms with E-state index in [1.165, 1.54) is 160 Å². The van der Waals surface area contributed by atoms with Crippen molar-refractivity contribution in [3.8, 4) is 0 Å². The van der Waals surface area contributed by atoms with Gasteiger partial charge in [-0.1, -0.05) is 195 Å². The second-order valence-electron chi connectivity index (χ2n) is 12.6. The van der Waals surface area contributed by atoms with Gasteiger partial charge in [0.25, 0.3) is 0 Å². The molecule has 0 saturated heterocycles. The van der Waals surface area contributed by atoms with Crippen LogP contribution in [0.2, 0.25) is 0 Å². The van der Waals surface area contributed by atoms with Crippen molar-refractivity contribution in [2.75, 3.05) is 0 Å². The van der Waals surface area contributed by atoms with Crippen LogP contribution >= 0.6 is 0 Å². The monoisotopic (exact) mass is 550 g/mol. The smallest absolute Gasteiger partial charge is 0.0965 e. The number of rotatable bonds is 28. The normalized spacial score (nSPS) is 14.3. The molecule has 226 valence electrons. The van der Waals surface area contributed by atoms with Crippen LogP contribution in [0, 0.1) is 18.0 Å². The van der Waals surface area contributed by atoms with E-state index >= 15 is 0 Å². The van der Waals surface area contributed by atoms with Crippen LogP contribution in [0.3, 0.4) is 0 Å². The Labute approximate surface area is 250 Å². The van der Waals surface area contributed by atoms with Crippen LogP contribution in [0.4, 0.5) is 0 Å². The summed E-state index contributed by atoms with van der Waals surface area (Å²) in [5.41, 5.74) is 1.48. The predicted molar refractivity (Wildman–Crippen MR) is 180 cm³/mol. The fourth-order valence-corrected chi connectivity index (χ4v) is 6.48. The minimum absolute atomic E-state index is 0.497. The molecular formula is C38H65N2+. The van der Waals surface area contributed by atoms with E-state index in [0.717, 1.165) is 12.6 Å². The molecule has 2 heteroatoms. The van der Waals surface area contributed by atoms with Gasteiger partial charge in [-0.3, -0.25) is 0 Å². The van der Waals surface area contributed by atoms with Crippen LogP contribution in [0.1, 0.15) is 174 Å². The Morgan fingerprint density at radius 1 is 0.500 bits per heavy atom. The molecule has 0 radical (unpaired) electrons. The molecule has 0 saturated carbocycles. The summed E-state index contributed by atoms with van der Waals surface area (Å²) in [5, 5.41) is 0. The Morgan fingerprint density at radius 3 is 1.35 bits per heavy atom. The summed E-state index contributed by atoms with van der Waals surface area (Å²) < 4.78 is 0. The molecule has 0 bridgehead atoms. The lowest BCUT2D eigenvalue weighted by Crippen LogP contribution is -2.22. The first-order valence-electron chi connectivity index (χ1n) is 17.8. The van der Waals surface area contributed by atoms with Crippen molar-refractivity contribution >= 4 is 12.4 Å². The minimum Gasteiger partial charge on any atom is -0.0965 e. The van der Waals surface area contributed by atoms with E-state index in [4.69, 9.17) is 9.98 Å². The zero-order valence-electron chi connectivity index (χ0n) is 26.8. The zero-order valence-corrected chi connectivity index (χ0v) is 26.8. The molecule has 1 aliphatic heterocycles. The summed E-state index contributed by atoms with van der Waals surface area (Å²) in [6.45, 7) is 4.61. The Morgan fingerprint density at radius 2 is 0.900 bits per heavy atom. The molecule has 2 nitrogen and oxygen atoms in total. The number of unbranched alkanes of at least 4 members (excludes halogenated alkanes) is 20. The second-order valence-corrected chi connectivity index (χ2v) is 12.6. The van der Waals surface area contributed by atoms with Crippen molar-refractivity contribution in [1.82, 2.24) is 0 Å². The lowest BCUT2D eigenvalue weighted by molar-refractivity contribution is 0.284. The van der Waals surface area contributed by atoms with Gasteiger partial charge in [-0.05, 0) is 30.7 Å². The van der Waals surface area contributed by atoms with Gasteiger partial charge < -0.3 is 0 Å². The van der Waals surface area contributed by atoms with Crippen molar-refractivity contribution in [3.63, 3.8) is 0 Å². The van der Waals surface area contributed by atoms with Gasteiger partial charge in [0.15, 0.2) is 12.4 Å². The molecule has 1 aromatic rings. The number of hydrogen-bond donors (Lipinski definition) is 0. The van der Waals surface area contributed by atoms with Crippen molar-refractivity contribution in [1.29, 1.82) is 0 Å². The van der Waals surface area contributed by atoms with E-state index in [9.17, 15) is 0 Å². The summed E-state index contributed by atoms with van der Waals surface area (Å²) >= 11 is 0. The minimum atomic E-state index is 0.497. The van der Waals surface area contributed by atoms with E-state index < -0.39 is 0 Å². The highest BCUT2D eigenvalue weighted by molar-refractivity contribution is 6.18. The average Bonchev–Trinajstić information content (AvgIpc) is 3.51. The number of benzene rings is 1. The van der Waals surface area contributed by atoms with Crippen LogP contribution in [0.25, 0.3) is 0 Å². The van der Waals surface area contributed by atoms with Gasteiger partial charge in [0.2, 0.25) is 6.17 Å². The Bertz CT molecular complexity index is 712. The standard InChI is InChI=1S/C38H65N2/c1-3-5-7-9-11-13-15-16-18-20-22-27-31-37(38-39-32-33-40-38)36(34-35-28-24-23-25-29-35)30-26-21-19-17-14-12-10-8-6-4-2/h23-25,28-29,32-33,36-37H,3-22,26-27,30-31,34H2,1-2H3/q+1. The van der Waals surface area contributed by atoms with Crippen LogP contribution in [-0.2, 0) is 6.42 Å². The quantitative estimate of drug-likeness (QED) is 0.0733. The van der Waals surface area contributed by atoms with Gasteiger partial charge in [0.1, 0.15) is 0 Å². The molecule has 2 unspecified atom stereocenters. The van der Waals surface area contributed by atoms with Crippen LogP contribution < -0.4 is 0 Å². The molecule has 0 spiro atoms. The Balaban J connectivity index is 1.73. The summed E-state index contributed by atoms with van der Waals surface area (Å²) in [6, 6.07) is 11.2. The third kappa shape index (κ3) is 17.3. The number of aliphatic imine (C=N–C) groups is 2. The van der Waals surface area contributed by atoms with Gasteiger partial charge in [-0.2, -0.15) is 0 Å². The molecule has 1 aromatic carbocycles. The number of nitrogens with zero attached hydrogens (tertiary/aromatic N) is 2. The summed E-state index contributed by atoms with van der Waals surface area (Å²) in [5.74, 6) is 1.14. The predicted octanol–water partition coefficient (Wildman–Crippen LogP) is 12.5. The van der Waals surface area contributed by atoms with Crippen molar-refractivity contribution in [2.45, 2.75) is 174 Å². The molecule has 0 fully saturated rings. The van der Waals surface area contributed by atoms with E-state index in [1.54, 1.807) is 0 Å². The molecular weight excluding hydrogens is 484 g/mol. The fourth-order valence-electron chi connectivity index (χ4n) is 6.48. The van der Waals surface area contributed by atoms with Crippen LogP contribution in [0.5, 0.6) is 0 Å². The first kappa shape index (κ1) is 34.6. The van der Waals surface area contributed by atoms with E-state index in [-0.39, 0.29) is 0 Å². The second kappa shape index (κ2) is 25.2. The fraction of sp³-hybridized carbons (Fsp3) is 0.763. The van der Waals surface area contributed by atoms with Crippen LogP contribution in [0.15, 0.2) is 40.3 Å². The molecule has 1 heterocycles. The first-order chi connectivity index (χ1) is 19.8. The average molecular weight is 550 g/mol. The molecule has 1 aliphatic rings.